The van der Waals surface area contributed by atoms with Crippen LogP contribution < -0.4 is 4.90 Å². The molecular formula is C14H12N2O2S. The molecule has 1 heterocycles. The van der Waals surface area contributed by atoms with Gasteiger partial charge < -0.3 is 4.90 Å². The Morgan fingerprint density at radius 1 is 1.16 bits per heavy atom. The maximum absolute atomic E-state index is 10.9. The van der Waals surface area contributed by atoms with E-state index in [0.29, 0.717) is 0 Å². The number of nitro groups is 1. The summed E-state index contributed by atoms with van der Waals surface area (Å²) < 4.78 is 0. The lowest BCUT2D eigenvalue weighted by Crippen LogP contribution is -2.19. The second-order valence-corrected chi connectivity index (χ2v) is 5.31. The molecule has 0 aliphatic carbocycles. The maximum atomic E-state index is 10.9. The first-order valence-corrected chi connectivity index (χ1v) is 6.85. The first-order chi connectivity index (χ1) is 9.20. The quantitative estimate of drug-likeness (QED) is 0.606. The molecule has 0 saturated carbocycles. The molecule has 0 spiro atoms. The standard InChI is InChI=1S/C14H12N2O2S/c1-2-15-11-5-3-4-6-13(11)19-14-9-10(16(17)18)7-8-12(14)15/h3-9H,2H2,1H3. The van der Waals surface area contributed by atoms with Crippen LogP contribution in [-0.4, -0.2) is 11.5 Å². The van der Waals surface area contributed by atoms with Gasteiger partial charge in [0.1, 0.15) is 0 Å². The Labute approximate surface area is 115 Å². The second-order valence-electron chi connectivity index (χ2n) is 4.22. The molecule has 4 nitrogen and oxygen atoms in total. The summed E-state index contributed by atoms with van der Waals surface area (Å²) >= 11 is 1.59. The highest BCUT2D eigenvalue weighted by molar-refractivity contribution is 7.99. The van der Waals surface area contributed by atoms with Crippen LogP contribution in [0.3, 0.4) is 0 Å². The van der Waals surface area contributed by atoms with Crippen LogP contribution in [0.15, 0.2) is 52.3 Å². The number of nitrogens with zero attached hydrogens (tertiary/aromatic N) is 2. The first-order valence-electron chi connectivity index (χ1n) is 6.03. The molecule has 2 aromatic rings. The molecule has 1 aliphatic rings. The molecule has 0 atom stereocenters. The summed E-state index contributed by atoms with van der Waals surface area (Å²) in [5, 5.41) is 10.9. The van der Waals surface area contributed by atoms with Gasteiger partial charge in [0, 0.05) is 28.5 Å². The molecule has 0 amide bonds. The topological polar surface area (TPSA) is 46.4 Å². The van der Waals surface area contributed by atoms with Crippen molar-refractivity contribution in [1.82, 2.24) is 0 Å². The van der Waals surface area contributed by atoms with Gasteiger partial charge >= 0.3 is 0 Å². The van der Waals surface area contributed by atoms with Crippen LogP contribution in [0, 0.1) is 10.1 Å². The highest BCUT2D eigenvalue weighted by Crippen LogP contribution is 2.48. The molecule has 5 heteroatoms. The van der Waals surface area contributed by atoms with E-state index in [1.165, 1.54) is 0 Å². The average Bonchev–Trinajstić information content (AvgIpc) is 2.43. The van der Waals surface area contributed by atoms with Crippen molar-refractivity contribution in [1.29, 1.82) is 0 Å². The smallest absolute Gasteiger partial charge is 0.270 e. The van der Waals surface area contributed by atoms with Gasteiger partial charge in [-0.2, -0.15) is 0 Å². The molecule has 0 N–H and O–H groups in total. The van der Waals surface area contributed by atoms with Gasteiger partial charge in [0.25, 0.3) is 5.69 Å². The highest BCUT2D eigenvalue weighted by Gasteiger charge is 2.23. The molecule has 19 heavy (non-hydrogen) atoms. The number of hydrogen-bond donors (Lipinski definition) is 0. The van der Waals surface area contributed by atoms with E-state index in [9.17, 15) is 10.1 Å². The minimum absolute atomic E-state index is 0.140. The summed E-state index contributed by atoms with van der Waals surface area (Å²) in [6, 6.07) is 13.2. The fraction of sp³-hybridized carbons (Fsp3) is 0.143. The summed E-state index contributed by atoms with van der Waals surface area (Å²) in [5.41, 5.74) is 2.34. The largest absolute Gasteiger partial charge is 0.340 e. The number of hydrogen-bond acceptors (Lipinski definition) is 4. The molecule has 0 aromatic heterocycles. The van der Waals surface area contributed by atoms with Crippen molar-refractivity contribution < 1.29 is 4.92 Å². The number of nitro benzene ring substituents is 1. The summed E-state index contributed by atoms with van der Waals surface area (Å²) in [6.07, 6.45) is 0. The summed E-state index contributed by atoms with van der Waals surface area (Å²) in [7, 11) is 0. The number of benzene rings is 2. The van der Waals surface area contributed by atoms with Gasteiger partial charge in [-0.15, -0.1) is 0 Å². The molecule has 0 unspecified atom stereocenters. The molecule has 0 fully saturated rings. The van der Waals surface area contributed by atoms with Crippen molar-refractivity contribution in [3.8, 4) is 0 Å². The Morgan fingerprint density at radius 3 is 2.63 bits per heavy atom. The van der Waals surface area contributed by atoms with E-state index in [-0.39, 0.29) is 10.6 Å². The number of non-ortho nitro benzene ring substituents is 1. The number of fused-ring (bicyclic) bond motifs is 2. The van der Waals surface area contributed by atoms with Gasteiger partial charge in [-0.25, -0.2) is 0 Å². The Bertz CT molecular complexity index is 658. The van der Waals surface area contributed by atoms with Gasteiger partial charge in [0.15, 0.2) is 0 Å². The van der Waals surface area contributed by atoms with Crippen LogP contribution >= 0.6 is 11.8 Å². The van der Waals surface area contributed by atoms with Gasteiger partial charge in [-0.1, -0.05) is 23.9 Å². The van der Waals surface area contributed by atoms with Crippen LogP contribution in [0.1, 0.15) is 6.92 Å². The molecule has 1 aliphatic heterocycles. The monoisotopic (exact) mass is 272 g/mol. The summed E-state index contributed by atoms with van der Waals surface area (Å²) in [4.78, 5) is 14.8. The van der Waals surface area contributed by atoms with E-state index in [1.807, 2.05) is 24.3 Å². The van der Waals surface area contributed by atoms with Crippen LogP contribution in [-0.2, 0) is 0 Å². The predicted molar refractivity (Wildman–Crippen MR) is 76.3 cm³/mol. The third-order valence-corrected chi connectivity index (χ3v) is 4.25. The van der Waals surface area contributed by atoms with E-state index in [4.69, 9.17) is 0 Å². The van der Waals surface area contributed by atoms with Crippen LogP contribution in [0.25, 0.3) is 0 Å². The molecular weight excluding hydrogens is 260 g/mol. The number of anilines is 2. The predicted octanol–water partition coefficient (Wildman–Crippen LogP) is 4.22. The minimum Gasteiger partial charge on any atom is -0.340 e. The van der Waals surface area contributed by atoms with Gasteiger partial charge in [-0.3, -0.25) is 10.1 Å². The van der Waals surface area contributed by atoms with Crippen molar-refractivity contribution in [2.24, 2.45) is 0 Å². The normalized spacial score (nSPS) is 12.8. The second kappa shape index (κ2) is 4.59. The average molecular weight is 272 g/mol. The third-order valence-electron chi connectivity index (χ3n) is 3.14. The zero-order valence-electron chi connectivity index (χ0n) is 10.4. The number of rotatable bonds is 2. The Hall–Kier alpha value is -2.01. The molecule has 2 aromatic carbocycles. The van der Waals surface area contributed by atoms with E-state index < -0.39 is 0 Å². The maximum Gasteiger partial charge on any atom is 0.270 e. The Morgan fingerprint density at radius 2 is 1.89 bits per heavy atom. The summed E-state index contributed by atoms with van der Waals surface area (Å²) in [5.74, 6) is 0. The Kier molecular flexibility index (Phi) is 2.91. The highest BCUT2D eigenvalue weighted by atomic mass is 32.2. The lowest BCUT2D eigenvalue weighted by atomic mass is 10.2. The molecule has 0 radical (unpaired) electrons. The molecule has 0 saturated heterocycles. The Balaban J connectivity index is 2.14. The molecule has 96 valence electrons. The van der Waals surface area contributed by atoms with E-state index in [0.717, 1.165) is 27.7 Å². The van der Waals surface area contributed by atoms with E-state index in [2.05, 4.69) is 17.9 Å². The van der Waals surface area contributed by atoms with E-state index in [1.54, 1.807) is 23.9 Å². The third kappa shape index (κ3) is 1.96. The number of para-hydroxylation sites is 1. The lowest BCUT2D eigenvalue weighted by Gasteiger charge is -2.31. The van der Waals surface area contributed by atoms with Gasteiger partial charge in [-0.05, 0) is 25.1 Å². The van der Waals surface area contributed by atoms with Crippen LogP contribution in [0.4, 0.5) is 17.1 Å². The fourth-order valence-electron chi connectivity index (χ4n) is 2.28. The van der Waals surface area contributed by atoms with Crippen molar-refractivity contribution >= 4 is 28.8 Å². The van der Waals surface area contributed by atoms with Crippen molar-refractivity contribution in [3.63, 3.8) is 0 Å². The van der Waals surface area contributed by atoms with Crippen molar-refractivity contribution in [2.45, 2.75) is 16.7 Å². The first kappa shape index (κ1) is 12.0. The molecule has 3 rings (SSSR count). The van der Waals surface area contributed by atoms with Gasteiger partial charge in [0.05, 0.1) is 16.3 Å². The van der Waals surface area contributed by atoms with Crippen molar-refractivity contribution in [3.05, 3.63) is 52.6 Å². The van der Waals surface area contributed by atoms with Gasteiger partial charge in [0.2, 0.25) is 0 Å². The minimum atomic E-state index is -0.350. The molecule has 0 bridgehead atoms. The van der Waals surface area contributed by atoms with E-state index >= 15 is 0 Å². The lowest BCUT2D eigenvalue weighted by molar-refractivity contribution is -0.385. The zero-order chi connectivity index (χ0) is 13.4. The summed E-state index contributed by atoms with van der Waals surface area (Å²) in [6.45, 7) is 2.92. The zero-order valence-corrected chi connectivity index (χ0v) is 11.2. The fourth-order valence-corrected chi connectivity index (χ4v) is 3.41. The SMILES string of the molecule is CCN1c2ccccc2Sc2cc([N+](=O)[O-])ccc21. The van der Waals surface area contributed by atoms with Crippen LogP contribution in [0.5, 0.6) is 0 Å². The van der Waals surface area contributed by atoms with Crippen molar-refractivity contribution in [2.75, 3.05) is 11.4 Å². The van der Waals surface area contributed by atoms with Crippen LogP contribution in [0.2, 0.25) is 0 Å².